The minimum absolute atomic E-state index is 0. The molecule has 0 spiro atoms. The van der Waals surface area contributed by atoms with Gasteiger partial charge in [0.25, 0.3) is 0 Å². The molecule has 1 aliphatic heterocycles. The number of guanidine groups is 1. The fraction of sp³-hybridized carbons (Fsp3) is 0.632. The van der Waals surface area contributed by atoms with E-state index in [1.165, 1.54) is 0 Å². The largest absolute Gasteiger partial charge is 0.469 e. The third-order valence-electron chi connectivity index (χ3n) is 4.38. The van der Waals surface area contributed by atoms with Crippen LogP contribution in [0.4, 0.5) is 0 Å². The predicted molar refractivity (Wildman–Crippen MR) is 117 cm³/mol. The molecule has 1 saturated heterocycles. The molecule has 2 rings (SSSR count). The predicted octanol–water partition coefficient (Wildman–Crippen LogP) is 2.52. The first-order chi connectivity index (χ1) is 12.2. The molecular weight excluding hydrogens is 443 g/mol. The molecule has 148 valence electrons. The second-order valence-corrected chi connectivity index (χ2v) is 6.57. The number of hydrogen-bond donors (Lipinski definition) is 2. The first kappa shape index (κ1) is 23.0. The van der Waals surface area contributed by atoms with Crippen LogP contribution in [0.15, 0.2) is 40.5 Å². The van der Waals surface area contributed by atoms with E-state index < -0.39 is 0 Å². The first-order valence-electron chi connectivity index (χ1n) is 9.18. The van der Waals surface area contributed by atoms with Gasteiger partial charge in [-0.25, -0.2) is 0 Å². The summed E-state index contributed by atoms with van der Waals surface area (Å²) in [4.78, 5) is 7.30. The fourth-order valence-electron chi connectivity index (χ4n) is 2.94. The Morgan fingerprint density at radius 3 is 2.73 bits per heavy atom. The van der Waals surface area contributed by atoms with Crippen LogP contribution in [-0.2, 0) is 11.2 Å². The maximum Gasteiger partial charge on any atom is 0.191 e. The molecule has 0 bridgehead atoms. The number of rotatable bonds is 9. The van der Waals surface area contributed by atoms with E-state index in [1.807, 2.05) is 18.2 Å². The minimum atomic E-state index is 0. The Hall–Kier alpha value is -1.06. The number of morpholine rings is 1. The average molecular weight is 476 g/mol. The monoisotopic (exact) mass is 476 g/mol. The molecule has 0 radical (unpaired) electrons. The molecule has 0 amide bonds. The van der Waals surface area contributed by atoms with E-state index in [2.05, 4.69) is 36.0 Å². The molecule has 1 fully saturated rings. The van der Waals surface area contributed by atoms with Gasteiger partial charge in [0.2, 0.25) is 0 Å². The van der Waals surface area contributed by atoms with E-state index >= 15 is 0 Å². The third kappa shape index (κ3) is 8.09. The number of nitrogens with one attached hydrogen (secondary N) is 2. The minimum Gasteiger partial charge on any atom is -0.469 e. The van der Waals surface area contributed by atoms with Crippen LogP contribution in [-0.4, -0.2) is 62.8 Å². The molecule has 1 aromatic heterocycles. The highest BCUT2D eigenvalue weighted by Gasteiger charge is 2.23. The Balaban J connectivity index is 0.00000338. The molecule has 0 aromatic carbocycles. The van der Waals surface area contributed by atoms with Gasteiger partial charge in [0, 0.05) is 38.6 Å². The van der Waals surface area contributed by atoms with Crippen LogP contribution in [0.1, 0.15) is 19.6 Å². The zero-order valence-electron chi connectivity index (χ0n) is 15.9. The zero-order chi connectivity index (χ0) is 17.9. The Bertz CT molecular complexity index is 514. The molecule has 26 heavy (non-hydrogen) atoms. The molecule has 1 unspecified atom stereocenters. The van der Waals surface area contributed by atoms with Crippen molar-refractivity contribution in [1.82, 2.24) is 15.5 Å². The lowest BCUT2D eigenvalue weighted by molar-refractivity contribution is 0.00867. The van der Waals surface area contributed by atoms with Crippen molar-refractivity contribution in [3.8, 4) is 0 Å². The van der Waals surface area contributed by atoms with Crippen molar-refractivity contribution in [2.45, 2.75) is 26.3 Å². The van der Waals surface area contributed by atoms with Gasteiger partial charge in [-0.15, -0.1) is 30.6 Å². The van der Waals surface area contributed by atoms with Gasteiger partial charge >= 0.3 is 0 Å². The molecule has 1 aromatic rings. The van der Waals surface area contributed by atoms with Gasteiger partial charge in [-0.1, -0.05) is 19.9 Å². The van der Waals surface area contributed by atoms with E-state index in [1.54, 1.807) is 6.26 Å². The second-order valence-electron chi connectivity index (χ2n) is 6.57. The van der Waals surface area contributed by atoms with Gasteiger partial charge in [0.05, 0.1) is 26.0 Å². The molecule has 1 atom stereocenters. The van der Waals surface area contributed by atoms with Crippen molar-refractivity contribution in [1.29, 1.82) is 0 Å². The Labute approximate surface area is 174 Å². The molecule has 2 N–H and O–H groups in total. The van der Waals surface area contributed by atoms with Crippen molar-refractivity contribution in [3.63, 3.8) is 0 Å². The van der Waals surface area contributed by atoms with Crippen LogP contribution in [0.3, 0.4) is 0 Å². The zero-order valence-corrected chi connectivity index (χ0v) is 18.3. The normalized spacial score (nSPS) is 16.8. The Kier molecular flexibility index (Phi) is 11.6. The average Bonchev–Trinajstić information content (AvgIpc) is 3.13. The molecule has 1 aliphatic rings. The smallest absolute Gasteiger partial charge is 0.191 e. The van der Waals surface area contributed by atoms with Crippen LogP contribution in [0, 0.1) is 5.92 Å². The maximum atomic E-state index is 5.47. The maximum absolute atomic E-state index is 5.47. The van der Waals surface area contributed by atoms with E-state index in [9.17, 15) is 0 Å². The lowest BCUT2D eigenvalue weighted by atomic mass is 10.0. The highest BCUT2D eigenvalue weighted by atomic mass is 127. The van der Waals surface area contributed by atoms with Crippen molar-refractivity contribution in [2.75, 3.05) is 45.9 Å². The summed E-state index contributed by atoms with van der Waals surface area (Å²) in [5, 5.41) is 6.67. The number of hydrogen-bond acceptors (Lipinski definition) is 4. The molecule has 6 nitrogen and oxygen atoms in total. The number of halogens is 1. The van der Waals surface area contributed by atoms with Gasteiger partial charge in [0.1, 0.15) is 5.76 Å². The summed E-state index contributed by atoms with van der Waals surface area (Å²) in [6.07, 6.45) is 4.38. The van der Waals surface area contributed by atoms with Gasteiger partial charge in [-0.3, -0.25) is 9.89 Å². The fourth-order valence-corrected chi connectivity index (χ4v) is 2.94. The molecule has 2 heterocycles. The lowest BCUT2D eigenvalue weighted by Gasteiger charge is -2.36. The quantitative estimate of drug-likeness (QED) is 0.248. The number of furan rings is 1. The first-order valence-corrected chi connectivity index (χ1v) is 9.18. The van der Waals surface area contributed by atoms with Gasteiger partial charge < -0.3 is 19.8 Å². The van der Waals surface area contributed by atoms with Gasteiger partial charge in [-0.2, -0.15) is 0 Å². The highest BCUT2D eigenvalue weighted by Crippen LogP contribution is 2.13. The van der Waals surface area contributed by atoms with Crippen LogP contribution >= 0.6 is 24.0 Å². The summed E-state index contributed by atoms with van der Waals surface area (Å²) in [5.41, 5.74) is 0. The van der Waals surface area contributed by atoms with E-state index in [0.29, 0.717) is 18.5 Å². The number of aliphatic imine (C=N–C) groups is 1. The molecule has 0 saturated carbocycles. The van der Waals surface area contributed by atoms with Crippen LogP contribution in [0.5, 0.6) is 0 Å². The SMILES string of the molecule is C=CCNC(=NCC(C(C)C)N1CCOCC1)NCCc1ccco1.I. The molecule has 0 aliphatic carbocycles. The summed E-state index contributed by atoms with van der Waals surface area (Å²) in [7, 11) is 0. The lowest BCUT2D eigenvalue weighted by Crippen LogP contribution is -2.48. The van der Waals surface area contributed by atoms with E-state index in [4.69, 9.17) is 14.1 Å². The number of ether oxygens (including phenoxy) is 1. The van der Waals surface area contributed by atoms with Crippen molar-refractivity contribution in [3.05, 3.63) is 36.8 Å². The standard InChI is InChI=1S/C19H32N4O2.HI/c1-4-8-20-19(21-9-7-17-6-5-12-25-17)22-15-18(16(2)3)23-10-13-24-14-11-23;/h4-6,12,16,18H,1,7-11,13-15H2,2-3H3,(H2,20,21,22);1H. The Morgan fingerprint density at radius 1 is 1.35 bits per heavy atom. The van der Waals surface area contributed by atoms with E-state index in [-0.39, 0.29) is 24.0 Å². The number of nitrogens with zero attached hydrogens (tertiary/aromatic N) is 2. The molecular formula is C19H33IN4O2. The van der Waals surface area contributed by atoms with Crippen LogP contribution in [0.25, 0.3) is 0 Å². The second kappa shape index (κ2) is 13.2. The van der Waals surface area contributed by atoms with E-state index in [0.717, 1.165) is 57.5 Å². The summed E-state index contributed by atoms with van der Waals surface area (Å²) in [6.45, 7) is 14.1. The van der Waals surface area contributed by atoms with Crippen molar-refractivity contribution in [2.24, 2.45) is 10.9 Å². The Morgan fingerprint density at radius 2 is 2.12 bits per heavy atom. The summed E-state index contributed by atoms with van der Waals surface area (Å²) >= 11 is 0. The summed E-state index contributed by atoms with van der Waals surface area (Å²) in [5.74, 6) is 2.35. The van der Waals surface area contributed by atoms with Crippen molar-refractivity contribution < 1.29 is 9.15 Å². The topological polar surface area (TPSA) is 62.0 Å². The van der Waals surface area contributed by atoms with Gasteiger partial charge in [-0.05, 0) is 18.1 Å². The third-order valence-corrected chi connectivity index (χ3v) is 4.38. The molecule has 7 heteroatoms. The van der Waals surface area contributed by atoms with Crippen molar-refractivity contribution >= 4 is 29.9 Å². The summed E-state index contributed by atoms with van der Waals surface area (Å²) in [6, 6.07) is 4.33. The van der Waals surface area contributed by atoms with Crippen LogP contribution < -0.4 is 10.6 Å². The summed E-state index contributed by atoms with van der Waals surface area (Å²) < 4.78 is 10.8. The van der Waals surface area contributed by atoms with Gasteiger partial charge in [0.15, 0.2) is 5.96 Å². The van der Waals surface area contributed by atoms with Crippen LogP contribution in [0.2, 0.25) is 0 Å². The highest BCUT2D eigenvalue weighted by molar-refractivity contribution is 14.0.